The maximum absolute atomic E-state index is 11.6. The Balaban J connectivity index is 2.08. The molecule has 0 unspecified atom stereocenters. The van der Waals surface area contributed by atoms with Crippen molar-refractivity contribution in [1.82, 2.24) is 9.97 Å². The molecule has 0 aliphatic rings. The normalized spacial score (nSPS) is 10.0. The van der Waals surface area contributed by atoms with E-state index >= 15 is 0 Å². The smallest absolute Gasteiger partial charge is 0.266 e. The molecule has 0 atom stereocenters. The average molecular weight is 318 g/mol. The highest BCUT2D eigenvalue weighted by Crippen LogP contribution is 2.30. The van der Waals surface area contributed by atoms with E-state index in [9.17, 15) is 4.79 Å². The first-order valence-electron chi connectivity index (χ1n) is 6.73. The molecule has 5 nitrogen and oxygen atoms in total. The van der Waals surface area contributed by atoms with E-state index in [4.69, 9.17) is 10.5 Å². The number of pyridine rings is 1. The number of thiazole rings is 1. The van der Waals surface area contributed by atoms with Crippen LogP contribution in [0.1, 0.15) is 16.8 Å². The van der Waals surface area contributed by atoms with Gasteiger partial charge in [0.15, 0.2) is 0 Å². The average Bonchev–Trinajstić information content (AvgIpc) is 3.05. The summed E-state index contributed by atoms with van der Waals surface area (Å²) in [6.07, 6.45) is 0. The molecule has 0 radical (unpaired) electrons. The number of aromatic amines is 1. The fraction of sp³-hybridized carbons (Fsp3) is 0.0588. The quantitative estimate of drug-likeness (QED) is 0.785. The molecule has 23 heavy (non-hydrogen) atoms. The lowest BCUT2D eigenvalue weighted by Gasteiger charge is -2.02. The second kappa shape index (κ2) is 5.88. The van der Waals surface area contributed by atoms with E-state index in [-0.39, 0.29) is 5.56 Å². The molecular weight excluding hydrogens is 308 g/mol. The fourth-order valence-corrected chi connectivity index (χ4v) is 3.04. The first-order valence-corrected chi connectivity index (χ1v) is 7.61. The van der Waals surface area contributed by atoms with Crippen LogP contribution >= 0.6 is 11.3 Å². The van der Waals surface area contributed by atoms with Crippen molar-refractivity contribution < 1.29 is 0 Å². The molecule has 2 heterocycles. The van der Waals surface area contributed by atoms with Gasteiger partial charge in [-0.15, -0.1) is 11.3 Å². The molecular formula is C17H10N4OS. The fourth-order valence-electron chi connectivity index (χ4n) is 2.22. The van der Waals surface area contributed by atoms with Gasteiger partial charge in [-0.2, -0.15) is 10.5 Å². The van der Waals surface area contributed by atoms with E-state index in [1.54, 1.807) is 25.1 Å². The van der Waals surface area contributed by atoms with Crippen LogP contribution in [0.25, 0.3) is 21.8 Å². The Bertz CT molecular complexity index is 1030. The van der Waals surface area contributed by atoms with Crippen molar-refractivity contribution in [3.05, 3.63) is 62.9 Å². The number of benzene rings is 1. The van der Waals surface area contributed by atoms with Crippen molar-refractivity contribution >= 4 is 11.3 Å². The van der Waals surface area contributed by atoms with Gasteiger partial charge in [0.25, 0.3) is 5.56 Å². The van der Waals surface area contributed by atoms with Crippen LogP contribution in [0, 0.1) is 29.6 Å². The van der Waals surface area contributed by atoms with E-state index in [2.05, 4.69) is 16.0 Å². The zero-order chi connectivity index (χ0) is 16.4. The number of H-pyrrole nitrogens is 1. The molecule has 0 spiro atoms. The topological polar surface area (TPSA) is 93.3 Å². The number of hydrogen-bond donors (Lipinski definition) is 1. The van der Waals surface area contributed by atoms with E-state index in [0.29, 0.717) is 17.0 Å². The van der Waals surface area contributed by atoms with Gasteiger partial charge in [-0.25, -0.2) is 4.98 Å². The summed E-state index contributed by atoms with van der Waals surface area (Å²) in [5, 5.41) is 20.6. The Hall–Kier alpha value is -3.22. The summed E-state index contributed by atoms with van der Waals surface area (Å²) in [5.41, 5.74) is 3.18. The lowest BCUT2D eigenvalue weighted by Crippen LogP contribution is -2.11. The Morgan fingerprint density at radius 2 is 2.04 bits per heavy atom. The Labute approximate surface area is 136 Å². The van der Waals surface area contributed by atoms with E-state index in [0.717, 1.165) is 16.1 Å². The van der Waals surface area contributed by atoms with Crippen LogP contribution in [-0.4, -0.2) is 9.97 Å². The maximum atomic E-state index is 11.6. The van der Waals surface area contributed by atoms with Crippen molar-refractivity contribution in [1.29, 1.82) is 10.5 Å². The summed E-state index contributed by atoms with van der Waals surface area (Å²) in [7, 11) is 0. The van der Waals surface area contributed by atoms with Crippen LogP contribution in [0.2, 0.25) is 0 Å². The number of hydrogen-bond acceptors (Lipinski definition) is 5. The first-order chi connectivity index (χ1) is 11.1. The highest BCUT2D eigenvalue weighted by atomic mass is 32.1. The highest BCUT2D eigenvalue weighted by molar-refractivity contribution is 7.13. The van der Waals surface area contributed by atoms with Gasteiger partial charge in [0.2, 0.25) is 0 Å². The molecule has 3 aromatic rings. The van der Waals surface area contributed by atoms with Crippen molar-refractivity contribution in [2.45, 2.75) is 6.92 Å². The lowest BCUT2D eigenvalue weighted by molar-refractivity contribution is 1.13. The Morgan fingerprint density at radius 1 is 1.22 bits per heavy atom. The number of nitrogens with one attached hydrogen (secondary N) is 1. The van der Waals surface area contributed by atoms with Crippen LogP contribution in [-0.2, 0) is 0 Å². The molecule has 1 aromatic carbocycles. The molecule has 110 valence electrons. The third-order valence-corrected chi connectivity index (χ3v) is 4.27. The van der Waals surface area contributed by atoms with E-state index < -0.39 is 5.56 Å². The Kier molecular flexibility index (Phi) is 3.76. The van der Waals surface area contributed by atoms with Crippen LogP contribution in [0.4, 0.5) is 0 Å². The van der Waals surface area contributed by atoms with Crippen LogP contribution in [0.3, 0.4) is 0 Å². The summed E-state index contributed by atoms with van der Waals surface area (Å²) < 4.78 is 0. The van der Waals surface area contributed by atoms with Gasteiger partial charge in [-0.05, 0) is 25.1 Å². The summed E-state index contributed by atoms with van der Waals surface area (Å²) in [4.78, 5) is 18.9. The molecule has 1 N–H and O–H groups in total. The molecule has 0 aliphatic heterocycles. The molecule has 6 heteroatoms. The number of rotatable bonds is 2. The standard InChI is InChI=1S/C17H10N4OS/c1-10-14(6-13(8-19)16(22)20-10)15-9-23-17(21-15)12-4-2-3-11(5-12)7-18/h2-6,9H,1H3,(H,20,22). The van der Waals surface area contributed by atoms with E-state index in [1.807, 2.05) is 23.6 Å². The third-order valence-electron chi connectivity index (χ3n) is 3.38. The number of nitriles is 2. The van der Waals surface area contributed by atoms with Crippen molar-refractivity contribution in [3.63, 3.8) is 0 Å². The first kappa shape index (κ1) is 14.7. The number of aryl methyl sites for hydroxylation is 1. The largest absolute Gasteiger partial charge is 0.325 e. The molecule has 2 aromatic heterocycles. The molecule has 0 bridgehead atoms. The summed E-state index contributed by atoms with van der Waals surface area (Å²) in [6, 6.07) is 12.8. The van der Waals surface area contributed by atoms with Gasteiger partial charge in [0, 0.05) is 22.2 Å². The van der Waals surface area contributed by atoms with Gasteiger partial charge in [0.1, 0.15) is 16.6 Å². The predicted octanol–water partition coefficient (Wildman–Crippen LogP) is 3.22. The Morgan fingerprint density at radius 3 is 2.78 bits per heavy atom. The van der Waals surface area contributed by atoms with Crippen molar-refractivity contribution in [3.8, 4) is 34.0 Å². The maximum Gasteiger partial charge on any atom is 0.266 e. The van der Waals surface area contributed by atoms with Gasteiger partial charge in [0.05, 0.1) is 17.3 Å². The summed E-state index contributed by atoms with van der Waals surface area (Å²) in [6.45, 7) is 1.77. The second-order valence-electron chi connectivity index (χ2n) is 4.89. The summed E-state index contributed by atoms with van der Waals surface area (Å²) in [5.74, 6) is 0. The minimum absolute atomic E-state index is 0.0617. The summed E-state index contributed by atoms with van der Waals surface area (Å²) >= 11 is 1.45. The number of aromatic nitrogens is 2. The van der Waals surface area contributed by atoms with Crippen LogP contribution in [0.15, 0.2) is 40.5 Å². The van der Waals surface area contributed by atoms with Crippen molar-refractivity contribution in [2.75, 3.05) is 0 Å². The van der Waals surface area contributed by atoms with Crippen LogP contribution in [0.5, 0.6) is 0 Å². The predicted molar refractivity (Wildman–Crippen MR) is 87.8 cm³/mol. The van der Waals surface area contributed by atoms with Gasteiger partial charge < -0.3 is 4.98 Å². The highest BCUT2D eigenvalue weighted by Gasteiger charge is 2.12. The van der Waals surface area contributed by atoms with Gasteiger partial charge >= 0.3 is 0 Å². The molecule has 0 amide bonds. The minimum Gasteiger partial charge on any atom is -0.325 e. The lowest BCUT2D eigenvalue weighted by atomic mass is 10.1. The third kappa shape index (κ3) is 2.76. The van der Waals surface area contributed by atoms with Gasteiger partial charge in [-0.1, -0.05) is 12.1 Å². The van der Waals surface area contributed by atoms with Crippen LogP contribution < -0.4 is 5.56 Å². The monoisotopic (exact) mass is 318 g/mol. The van der Waals surface area contributed by atoms with Crippen molar-refractivity contribution in [2.24, 2.45) is 0 Å². The zero-order valence-corrected chi connectivity index (χ0v) is 12.9. The molecule has 0 saturated heterocycles. The zero-order valence-electron chi connectivity index (χ0n) is 12.1. The molecule has 0 fully saturated rings. The SMILES string of the molecule is Cc1[nH]c(=O)c(C#N)cc1-c1csc(-c2cccc(C#N)c2)n1. The molecule has 0 aliphatic carbocycles. The van der Waals surface area contributed by atoms with E-state index in [1.165, 1.54) is 11.3 Å². The van der Waals surface area contributed by atoms with Gasteiger partial charge in [-0.3, -0.25) is 4.79 Å². The minimum atomic E-state index is -0.397. The number of nitrogens with zero attached hydrogens (tertiary/aromatic N) is 3. The molecule has 3 rings (SSSR count). The second-order valence-corrected chi connectivity index (χ2v) is 5.75. The molecule has 0 saturated carbocycles.